The van der Waals surface area contributed by atoms with Gasteiger partial charge in [0.2, 0.25) is 17.7 Å². The number of guanidine groups is 2. The van der Waals surface area contributed by atoms with Gasteiger partial charge in [0.1, 0.15) is 0 Å². The number of rotatable bonds is 42. The highest BCUT2D eigenvalue weighted by molar-refractivity contribution is 5.95. The molecule has 3 amide bonds. The maximum atomic E-state index is 14.1. The van der Waals surface area contributed by atoms with Crippen LogP contribution < -0.4 is 44.6 Å². The largest absolute Gasteiger partial charge is 0.481 e. The molecule has 0 aliphatic rings. The average molecular weight is 907 g/mol. The molecular weight excluding hydrogens is 817 g/mol. The zero-order valence-corrected chi connectivity index (χ0v) is 40.1. The summed E-state index contributed by atoms with van der Waals surface area (Å²) < 4.78 is 0. The smallest absolute Gasteiger partial charge is 0.303 e. The topological polar surface area (TPSA) is 314 Å². The van der Waals surface area contributed by atoms with Crippen molar-refractivity contribution in [1.82, 2.24) is 16.0 Å². The minimum atomic E-state index is -1.23. The molecule has 64 heavy (non-hydrogen) atoms. The van der Waals surface area contributed by atoms with E-state index in [4.69, 9.17) is 28.7 Å². The molecule has 0 aromatic heterocycles. The standard InChI is InChI=1S/C47H90N10O7/c1-5-7-8-9-10-11-12-13-14-15-16-17-18-26-42(60)56-38(25-22-31-54-47(51)52)40(58)32-36(23-19-20-29-48)45(64)57-39(27-28-43(61)62)41(59)33-37(24-21-30-53-46(49)50)44(63)55-35(4)34(3)6-2/h34-39H,5-33,48H2,1-4H3,(H,55,63)(H,56,60)(H,57,64)(H,61,62)(H4,49,50,53)(H4,51,52,54)/t34-,35+,36+,37+,38-,39-/m0/s1. The number of ketones is 2. The summed E-state index contributed by atoms with van der Waals surface area (Å²) in [6, 6.07) is -2.29. The molecule has 17 heteroatoms. The van der Waals surface area contributed by atoms with E-state index >= 15 is 0 Å². The Balaban J connectivity index is 5.92. The minimum Gasteiger partial charge on any atom is -0.481 e. The molecule has 370 valence electrons. The van der Waals surface area contributed by atoms with Crippen molar-refractivity contribution in [2.45, 2.75) is 213 Å². The number of nitrogens with one attached hydrogen (secondary N) is 3. The number of unbranched alkanes of at least 4 members (excludes halogenated alkanes) is 13. The van der Waals surface area contributed by atoms with E-state index in [2.05, 4.69) is 32.9 Å². The van der Waals surface area contributed by atoms with Crippen molar-refractivity contribution in [2.24, 2.45) is 56.4 Å². The molecular formula is C47H90N10O7. The van der Waals surface area contributed by atoms with Gasteiger partial charge in [-0.2, -0.15) is 0 Å². The summed E-state index contributed by atoms with van der Waals surface area (Å²) in [6.45, 7) is 9.02. The first-order chi connectivity index (χ1) is 30.6. The molecule has 0 aromatic rings. The number of carboxylic acids is 1. The third-order valence-electron chi connectivity index (χ3n) is 12.0. The number of carbonyl (C=O) groups is 6. The maximum absolute atomic E-state index is 14.1. The molecule has 0 fully saturated rings. The predicted octanol–water partition coefficient (Wildman–Crippen LogP) is 5.24. The number of hydrogen-bond acceptors (Lipinski definition) is 9. The van der Waals surface area contributed by atoms with Crippen LogP contribution in [0, 0.1) is 17.8 Å². The molecule has 14 N–H and O–H groups in total. The van der Waals surface area contributed by atoms with Crippen LogP contribution in [0.2, 0.25) is 0 Å². The second kappa shape index (κ2) is 38.0. The van der Waals surface area contributed by atoms with Gasteiger partial charge in [0, 0.05) is 56.7 Å². The predicted molar refractivity (Wildman–Crippen MR) is 257 cm³/mol. The van der Waals surface area contributed by atoms with Crippen LogP contribution >= 0.6 is 0 Å². The maximum Gasteiger partial charge on any atom is 0.303 e. The Morgan fingerprint density at radius 2 is 0.984 bits per heavy atom. The molecule has 0 unspecified atom stereocenters. The van der Waals surface area contributed by atoms with Crippen LogP contribution in [0.15, 0.2) is 9.98 Å². The summed E-state index contributed by atoms with van der Waals surface area (Å²) in [5.74, 6) is -4.87. The highest BCUT2D eigenvalue weighted by Crippen LogP contribution is 2.21. The molecule has 0 spiro atoms. The Kier molecular flexibility index (Phi) is 35.5. The van der Waals surface area contributed by atoms with Crippen LogP contribution in [-0.4, -0.2) is 90.0 Å². The van der Waals surface area contributed by atoms with Crippen molar-refractivity contribution in [3.05, 3.63) is 0 Å². The average Bonchev–Trinajstić information content (AvgIpc) is 3.24. The van der Waals surface area contributed by atoms with Crippen LogP contribution in [-0.2, 0) is 28.8 Å². The van der Waals surface area contributed by atoms with Gasteiger partial charge in [0.15, 0.2) is 23.5 Å². The molecule has 0 aliphatic carbocycles. The van der Waals surface area contributed by atoms with Crippen molar-refractivity contribution in [1.29, 1.82) is 0 Å². The minimum absolute atomic E-state index is 0.0866. The first kappa shape index (κ1) is 59.7. The SMILES string of the molecule is CCCCCCCCCCCCCCCC(=O)N[C@@H](CCCN=C(N)N)C(=O)C[C@@H](CCCCN)C(=O)N[C@@H](CCC(=O)O)C(=O)C[C@@H](CCCN=C(N)N)C(=O)N[C@H](C)[C@@H](C)CC. The number of aliphatic imine (C=N–C) groups is 2. The summed E-state index contributed by atoms with van der Waals surface area (Å²) in [5, 5.41) is 18.2. The summed E-state index contributed by atoms with van der Waals surface area (Å²) in [6.07, 6.45) is 18.1. The number of Topliss-reactive ketones (excluding diaryl/α,β-unsaturated/α-hetero) is 2. The first-order valence-electron chi connectivity index (χ1n) is 24.5. The zero-order chi connectivity index (χ0) is 48.1. The Morgan fingerprint density at radius 1 is 0.531 bits per heavy atom. The number of amides is 3. The molecule has 0 aliphatic heterocycles. The number of carboxylic acid groups (broad SMARTS) is 1. The lowest BCUT2D eigenvalue weighted by Crippen LogP contribution is -2.47. The lowest BCUT2D eigenvalue weighted by molar-refractivity contribution is -0.138. The fourth-order valence-corrected chi connectivity index (χ4v) is 7.60. The normalized spacial score (nSPS) is 14.0. The number of nitrogens with zero attached hydrogens (tertiary/aromatic N) is 2. The fraction of sp³-hybridized carbons (Fsp3) is 0.830. The van der Waals surface area contributed by atoms with E-state index in [0.717, 1.165) is 25.7 Å². The van der Waals surface area contributed by atoms with Crippen molar-refractivity contribution >= 4 is 47.2 Å². The molecule has 0 aromatic carbocycles. The van der Waals surface area contributed by atoms with E-state index in [1.807, 2.05) is 20.8 Å². The second-order valence-corrected chi connectivity index (χ2v) is 17.7. The molecule has 0 rings (SSSR count). The summed E-state index contributed by atoms with van der Waals surface area (Å²) in [4.78, 5) is 88.5. The molecule has 0 heterocycles. The Morgan fingerprint density at radius 3 is 1.45 bits per heavy atom. The van der Waals surface area contributed by atoms with Crippen molar-refractivity contribution in [3.8, 4) is 0 Å². The third kappa shape index (κ3) is 31.5. The van der Waals surface area contributed by atoms with Crippen LogP contribution in [0.5, 0.6) is 0 Å². The van der Waals surface area contributed by atoms with Gasteiger partial charge in [-0.25, -0.2) is 0 Å². The van der Waals surface area contributed by atoms with E-state index in [0.29, 0.717) is 38.6 Å². The second-order valence-electron chi connectivity index (χ2n) is 17.7. The van der Waals surface area contributed by atoms with Gasteiger partial charge in [0.25, 0.3) is 0 Å². The van der Waals surface area contributed by atoms with Crippen molar-refractivity contribution in [3.63, 3.8) is 0 Å². The quantitative estimate of drug-likeness (QED) is 0.0216. The number of aliphatic carboxylic acids is 1. The van der Waals surface area contributed by atoms with Gasteiger partial charge < -0.3 is 49.7 Å². The number of nitrogens with two attached hydrogens (primary N) is 5. The highest BCUT2D eigenvalue weighted by atomic mass is 16.4. The highest BCUT2D eigenvalue weighted by Gasteiger charge is 2.32. The first-order valence-corrected chi connectivity index (χ1v) is 24.5. The van der Waals surface area contributed by atoms with Crippen LogP contribution in [0.25, 0.3) is 0 Å². The van der Waals surface area contributed by atoms with Crippen molar-refractivity contribution < 1.29 is 33.9 Å². The monoisotopic (exact) mass is 907 g/mol. The lowest BCUT2D eigenvalue weighted by atomic mass is 9.89. The third-order valence-corrected chi connectivity index (χ3v) is 12.0. The van der Waals surface area contributed by atoms with E-state index in [1.54, 1.807) is 0 Å². The Labute approximate surface area is 384 Å². The van der Waals surface area contributed by atoms with E-state index in [1.165, 1.54) is 57.8 Å². The Hall–Kier alpha value is -4.28. The van der Waals surface area contributed by atoms with Crippen LogP contribution in [0.1, 0.15) is 195 Å². The van der Waals surface area contributed by atoms with Crippen molar-refractivity contribution in [2.75, 3.05) is 19.6 Å². The van der Waals surface area contributed by atoms with E-state index in [9.17, 15) is 33.9 Å². The summed E-state index contributed by atoms with van der Waals surface area (Å²) in [7, 11) is 0. The summed E-state index contributed by atoms with van der Waals surface area (Å²) in [5.41, 5.74) is 27.7. The fourth-order valence-electron chi connectivity index (χ4n) is 7.60. The zero-order valence-electron chi connectivity index (χ0n) is 40.1. The van der Waals surface area contributed by atoms with Gasteiger partial charge in [-0.1, -0.05) is 111 Å². The molecule has 6 atom stereocenters. The van der Waals surface area contributed by atoms with Gasteiger partial charge in [-0.15, -0.1) is 0 Å². The van der Waals surface area contributed by atoms with Gasteiger partial charge in [0.05, 0.1) is 12.1 Å². The van der Waals surface area contributed by atoms with Gasteiger partial charge >= 0.3 is 5.97 Å². The molecule has 0 bridgehead atoms. The Bertz CT molecular complexity index is 1390. The van der Waals surface area contributed by atoms with Gasteiger partial charge in [-0.3, -0.25) is 38.8 Å². The molecule has 0 saturated heterocycles. The molecule has 17 nitrogen and oxygen atoms in total. The molecule has 0 saturated carbocycles. The van der Waals surface area contributed by atoms with E-state index in [-0.39, 0.29) is 99.5 Å². The lowest BCUT2D eigenvalue weighted by Gasteiger charge is -2.26. The van der Waals surface area contributed by atoms with Crippen LogP contribution in [0.4, 0.5) is 0 Å². The van der Waals surface area contributed by atoms with Crippen LogP contribution in [0.3, 0.4) is 0 Å². The van der Waals surface area contributed by atoms with Gasteiger partial charge in [-0.05, 0) is 70.8 Å². The number of hydrogen-bond donors (Lipinski definition) is 9. The molecule has 0 radical (unpaired) electrons. The number of carbonyl (C=O) groups excluding carboxylic acids is 5. The summed E-state index contributed by atoms with van der Waals surface area (Å²) >= 11 is 0. The van der Waals surface area contributed by atoms with E-state index < -0.39 is 48.0 Å².